The van der Waals surface area contributed by atoms with E-state index < -0.39 is 0 Å². The molecule has 8 aliphatic carbocycles. The van der Waals surface area contributed by atoms with Crippen molar-refractivity contribution in [1.29, 1.82) is 0 Å². The Morgan fingerprint density at radius 1 is 0.265 bits per heavy atom. The Morgan fingerprint density at radius 2 is 0.637 bits per heavy atom. The molecule has 0 heterocycles. The van der Waals surface area contributed by atoms with Crippen LogP contribution in [0, 0.1) is 153 Å². The highest BCUT2D eigenvalue weighted by Gasteiger charge is 2.40. The highest BCUT2D eigenvalue weighted by molar-refractivity contribution is 4.91. The van der Waals surface area contributed by atoms with Crippen LogP contribution in [0.3, 0.4) is 0 Å². The lowest BCUT2D eigenvalue weighted by Gasteiger charge is -2.40. The van der Waals surface area contributed by atoms with Gasteiger partial charge in [-0.3, -0.25) is 0 Å². The molecule has 678 valence electrons. The van der Waals surface area contributed by atoms with Crippen LogP contribution < -0.4 is 0 Å². The van der Waals surface area contributed by atoms with Gasteiger partial charge < -0.3 is 40.9 Å². The second-order valence-electron chi connectivity index (χ2n) is 44.6. The molecule has 8 saturated carbocycles. The number of rotatable bonds is 27. The van der Waals surface area contributed by atoms with Crippen LogP contribution in [-0.2, 0) is 0 Å². The van der Waals surface area contributed by atoms with E-state index in [2.05, 4.69) is 194 Å². The van der Waals surface area contributed by atoms with E-state index in [1.807, 2.05) is 0 Å². The molecule has 26 atom stereocenters. The normalized spacial score (nSPS) is 34.7. The van der Waals surface area contributed by atoms with Gasteiger partial charge in [0.05, 0.1) is 48.8 Å². The van der Waals surface area contributed by atoms with Gasteiger partial charge in [0.15, 0.2) is 0 Å². The van der Waals surface area contributed by atoms with Crippen molar-refractivity contribution >= 4 is 0 Å². The molecule has 8 fully saturated rings. The summed E-state index contributed by atoms with van der Waals surface area (Å²) in [5.74, 6) is 16.6. The molecule has 8 aliphatic rings. The summed E-state index contributed by atoms with van der Waals surface area (Å²) in [6.07, 6.45) is 52.5. The molecule has 0 aromatic rings. The molecule has 8 heteroatoms. The monoisotopic (exact) mass is 1600 g/mol. The molecule has 8 N–H and O–H groups in total. The fraction of sp³-hybridized carbons (Fsp3) is 1.00. The number of hydrogen-bond acceptors (Lipinski definition) is 8. The summed E-state index contributed by atoms with van der Waals surface area (Å²) in [6.45, 7) is 63.5. The molecule has 0 saturated heterocycles. The first-order valence-corrected chi connectivity index (χ1v) is 50.6. The summed E-state index contributed by atoms with van der Waals surface area (Å²) in [5.41, 5.74) is 0.685. The van der Waals surface area contributed by atoms with E-state index in [-0.39, 0.29) is 48.8 Å². The summed E-state index contributed by atoms with van der Waals surface area (Å²) >= 11 is 0. The van der Waals surface area contributed by atoms with Gasteiger partial charge in [0.25, 0.3) is 0 Å². The minimum absolute atomic E-state index is 0.000278. The molecular formula is C105H210O8. The molecular weight excluding hydrogens is 1390 g/mol. The maximum atomic E-state index is 10.6. The Labute approximate surface area is 708 Å². The Morgan fingerprint density at radius 3 is 1.08 bits per heavy atom. The van der Waals surface area contributed by atoms with Crippen molar-refractivity contribution in [1.82, 2.24) is 0 Å². The van der Waals surface area contributed by atoms with E-state index in [0.29, 0.717) is 87.8 Å². The molecule has 0 aromatic carbocycles. The van der Waals surface area contributed by atoms with E-state index in [1.165, 1.54) is 205 Å². The molecule has 0 aliphatic heterocycles. The zero-order valence-corrected chi connectivity index (χ0v) is 81.5. The van der Waals surface area contributed by atoms with Crippen LogP contribution in [0.2, 0.25) is 0 Å². The fourth-order valence-corrected chi connectivity index (χ4v) is 23.2. The number of aliphatic hydroxyl groups excluding tert-OH is 8. The van der Waals surface area contributed by atoms with Crippen molar-refractivity contribution in [2.45, 2.75) is 519 Å². The van der Waals surface area contributed by atoms with E-state index in [9.17, 15) is 40.9 Å². The average Bonchev–Trinajstić information content (AvgIpc) is 0.872. The first-order chi connectivity index (χ1) is 53.1. The third-order valence-electron chi connectivity index (χ3n) is 30.4. The summed E-state index contributed by atoms with van der Waals surface area (Å²) < 4.78 is 0. The summed E-state index contributed by atoms with van der Waals surface area (Å²) in [4.78, 5) is 0. The highest BCUT2D eigenvalue weighted by atomic mass is 16.3. The van der Waals surface area contributed by atoms with Gasteiger partial charge in [-0.1, -0.05) is 297 Å². The second-order valence-corrected chi connectivity index (χ2v) is 44.6. The first kappa shape index (κ1) is 111. The summed E-state index contributed by atoms with van der Waals surface area (Å²) in [7, 11) is 0. The van der Waals surface area contributed by atoms with E-state index in [4.69, 9.17) is 0 Å². The van der Waals surface area contributed by atoms with Crippen LogP contribution in [0.1, 0.15) is 470 Å². The molecule has 113 heavy (non-hydrogen) atoms. The van der Waals surface area contributed by atoms with Crippen molar-refractivity contribution in [3.8, 4) is 0 Å². The van der Waals surface area contributed by atoms with Gasteiger partial charge in [0.1, 0.15) is 0 Å². The van der Waals surface area contributed by atoms with Crippen LogP contribution in [0.4, 0.5) is 0 Å². The topological polar surface area (TPSA) is 162 Å². The lowest BCUT2D eigenvalue weighted by atomic mass is 9.68. The average molecular weight is 1600 g/mol. The van der Waals surface area contributed by atoms with E-state index >= 15 is 0 Å². The summed E-state index contributed by atoms with van der Waals surface area (Å²) in [5, 5.41) is 80.3. The molecule has 0 radical (unpaired) electrons. The van der Waals surface area contributed by atoms with Gasteiger partial charge in [0, 0.05) is 0 Å². The van der Waals surface area contributed by atoms with Crippen molar-refractivity contribution in [2.75, 3.05) is 0 Å². The van der Waals surface area contributed by atoms with Crippen molar-refractivity contribution in [2.24, 2.45) is 153 Å². The molecule has 8 rings (SSSR count). The number of aliphatic hydroxyl groups is 8. The van der Waals surface area contributed by atoms with Crippen LogP contribution in [0.5, 0.6) is 0 Å². The van der Waals surface area contributed by atoms with Crippen molar-refractivity contribution in [3.63, 3.8) is 0 Å². The Bertz CT molecular complexity index is 2140. The Kier molecular flexibility index (Phi) is 59.0. The molecule has 0 aromatic heterocycles. The van der Waals surface area contributed by atoms with Crippen molar-refractivity contribution in [3.05, 3.63) is 0 Å². The Balaban J connectivity index is 0.000000647. The molecule has 0 bridgehead atoms. The predicted molar refractivity (Wildman–Crippen MR) is 494 cm³/mol. The minimum atomic E-state index is -0.0674. The minimum Gasteiger partial charge on any atom is -0.393 e. The molecule has 26 unspecified atom stereocenters. The third-order valence-corrected chi connectivity index (χ3v) is 30.4. The van der Waals surface area contributed by atoms with E-state index in [0.717, 1.165) is 136 Å². The number of hydrogen-bond donors (Lipinski definition) is 8. The molecule has 0 amide bonds. The maximum absolute atomic E-state index is 10.6. The Hall–Kier alpha value is -0.320. The van der Waals surface area contributed by atoms with E-state index in [1.54, 1.807) is 0 Å². The van der Waals surface area contributed by atoms with Gasteiger partial charge in [-0.2, -0.15) is 0 Å². The van der Waals surface area contributed by atoms with Crippen LogP contribution in [0.25, 0.3) is 0 Å². The fourth-order valence-electron chi connectivity index (χ4n) is 23.2. The third kappa shape index (κ3) is 45.6. The first-order valence-electron chi connectivity index (χ1n) is 50.6. The lowest BCUT2D eigenvalue weighted by Crippen LogP contribution is -2.39. The zero-order valence-electron chi connectivity index (χ0n) is 81.5. The lowest BCUT2D eigenvalue weighted by molar-refractivity contribution is -0.0271. The van der Waals surface area contributed by atoms with Crippen LogP contribution in [-0.4, -0.2) is 89.7 Å². The van der Waals surface area contributed by atoms with Gasteiger partial charge in [-0.05, 0) is 326 Å². The smallest absolute Gasteiger partial charge is 0.0601 e. The molecule has 0 spiro atoms. The predicted octanol–water partition coefficient (Wildman–Crippen LogP) is 29.0. The van der Waals surface area contributed by atoms with Crippen LogP contribution >= 0.6 is 0 Å². The standard InChI is InChI=1S/C16H32O.4C14H28O.3C11H22O/c1-15(2,3)10-12-8-7-9-13(14(12)17)11-16(4,5)6;1-10(2)7-12-5-6-14(15)13(9-12)8-11(3)4;1-10(2)7-12-5-6-13(8-11(3)4)14(15)9-12;1-5-10(3)12-7-8-14(15)13(9-12)11(4)6-2;1-5-10(3)12-8-7-9-13(14(12)15)11(4)6-2;1-3-6-9-7-5-8-11(12)10(9)4-2;1-3-5-9-6-7-11(12)10(4-2)8-9;1-3-5-9-6-7-10(4-2)11(12)8-9/h12-14,17H,7-11H2,1-6H3;4*10-15H,5-9H2,1-4H3;3*9-12H,3-8H2,1-2H3. The maximum Gasteiger partial charge on any atom is 0.0601 e. The zero-order chi connectivity index (χ0) is 85.9. The summed E-state index contributed by atoms with van der Waals surface area (Å²) in [6, 6.07) is 0. The van der Waals surface area contributed by atoms with Crippen LogP contribution in [0.15, 0.2) is 0 Å². The largest absolute Gasteiger partial charge is 0.393 e. The quantitative estimate of drug-likeness (QED) is 0.0403. The van der Waals surface area contributed by atoms with Gasteiger partial charge in [-0.15, -0.1) is 0 Å². The second kappa shape index (κ2) is 60.3. The SMILES string of the molecule is CC(C)(C)CC1CCCC(CC(C)(C)C)C1O.CC(C)CC1CCC(CC(C)C)C(O)C1.CC(C)CC1CCC(O)C(CC(C)C)C1.CCC(C)C1CCC(O)C(C(C)CC)C1.CCC(C)C1CCCC(C(C)CC)C1O.CCCC1CCC(CC)C(O)C1.CCCC1CCC(O)C(CC)C1.CCCC1CCCC(O)C1CC. The van der Waals surface area contributed by atoms with Gasteiger partial charge >= 0.3 is 0 Å². The van der Waals surface area contributed by atoms with Crippen molar-refractivity contribution < 1.29 is 40.9 Å². The van der Waals surface area contributed by atoms with Gasteiger partial charge in [0.2, 0.25) is 0 Å². The van der Waals surface area contributed by atoms with Gasteiger partial charge in [-0.25, -0.2) is 0 Å². The molecule has 8 nitrogen and oxygen atoms in total. The highest BCUT2D eigenvalue weighted by Crippen LogP contribution is 2.45.